The first-order chi connectivity index (χ1) is 26.4. The predicted molar refractivity (Wildman–Crippen MR) is 234 cm³/mol. The van der Waals surface area contributed by atoms with E-state index in [0.29, 0.717) is 0 Å². The van der Waals surface area contributed by atoms with E-state index in [2.05, 4.69) is 196 Å². The maximum absolute atomic E-state index is 3.98. The lowest BCUT2D eigenvalue weighted by molar-refractivity contribution is 1.18. The summed E-state index contributed by atoms with van der Waals surface area (Å²) in [6, 6.07) is 31.6. The van der Waals surface area contributed by atoms with E-state index < -0.39 is 0 Å². The maximum atomic E-state index is 3.98. The van der Waals surface area contributed by atoms with Gasteiger partial charge in [0.2, 0.25) is 0 Å². The van der Waals surface area contributed by atoms with Gasteiger partial charge >= 0.3 is 0 Å². The third-order valence-electron chi connectivity index (χ3n) is 11.4. The molecule has 3 aromatic carbocycles. The molecule has 0 amide bonds. The topological polar surface area (TPSA) is 56.2 Å². The fourth-order valence-electron chi connectivity index (χ4n) is 9.44. The van der Waals surface area contributed by atoms with E-state index >= 15 is 0 Å². The summed E-state index contributed by atoms with van der Waals surface area (Å²) in [4.78, 5) is 11.6. The van der Waals surface area contributed by atoms with E-state index in [9.17, 15) is 0 Å². The van der Waals surface area contributed by atoms with Crippen molar-refractivity contribution in [1.82, 2.24) is 23.8 Å². The molecule has 55 heavy (non-hydrogen) atoms. The summed E-state index contributed by atoms with van der Waals surface area (Å²) < 4.78 is 4.43. The number of aryl methyl sites for hydroxylation is 9. The Morgan fingerprint density at radius 1 is 0.400 bits per heavy atom. The van der Waals surface area contributed by atoms with Crippen LogP contribution in [0.5, 0.6) is 0 Å². The first kappa shape index (κ1) is 34.4. The highest BCUT2D eigenvalue weighted by Gasteiger charge is 2.20. The molecular formula is C50H48N5+. The van der Waals surface area contributed by atoms with Gasteiger partial charge in [-0.15, -0.1) is 0 Å². The van der Waals surface area contributed by atoms with E-state index in [1.54, 1.807) is 0 Å². The van der Waals surface area contributed by atoms with Crippen LogP contribution in [0.3, 0.4) is 0 Å². The van der Waals surface area contributed by atoms with Gasteiger partial charge in [-0.3, -0.25) is 0 Å². The zero-order chi connectivity index (χ0) is 38.3. The summed E-state index contributed by atoms with van der Waals surface area (Å²) in [6.45, 7) is 19.9. The van der Waals surface area contributed by atoms with Gasteiger partial charge in [0, 0.05) is 93.1 Å². The van der Waals surface area contributed by atoms with Crippen molar-refractivity contribution in [2.45, 2.75) is 62.3 Å². The van der Waals surface area contributed by atoms with Crippen LogP contribution in [0.25, 0.3) is 77.5 Å². The molecule has 0 aliphatic heterocycles. The van der Waals surface area contributed by atoms with Crippen LogP contribution in [0.4, 0.5) is 0 Å². The zero-order valence-electron chi connectivity index (χ0n) is 33.3. The second-order valence-corrected chi connectivity index (χ2v) is 15.9. The van der Waals surface area contributed by atoms with Gasteiger partial charge in [-0.25, -0.2) is 0 Å². The van der Waals surface area contributed by atoms with Crippen molar-refractivity contribution in [1.29, 1.82) is 0 Å². The van der Waals surface area contributed by atoms with Crippen LogP contribution in [-0.4, -0.2) is 23.8 Å². The van der Waals surface area contributed by atoms with Gasteiger partial charge in [-0.2, -0.15) is 0 Å². The van der Waals surface area contributed by atoms with Gasteiger partial charge in [0.1, 0.15) is 27.9 Å². The van der Waals surface area contributed by atoms with Crippen LogP contribution < -0.4 is 0 Å². The van der Waals surface area contributed by atoms with Gasteiger partial charge in [-0.05, 0) is 138 Å². The molecule has 272 valence electrons. The van der Waals surface area contributed by atoms with Gasteiger partial charge in [0.15, 0.2) is 0 Å². The minimum absolute atomic E-state index is 1.01. The van der Waals surface area contributed by atoms with Crippen molar-refractivity contribution >= 4 is 44.1 Å². The molecule has 0 atom stereocenters. The van der Waals surface area contributed by atoms with Gasteiger partial charge in [0.05, 0.1) is 5.56 Å². The van der Waals surface area contributed by atoms with Crippen molar-refractivity contribution in [3.63, 3.8) is 0 Å². The Labute approximate surface area is 322 Å². The lowest BCUT2D eigenvalue weighted by Crippen LogP contribution is -1.92. The third kappa shape index (κ3) is 5.82. The van der Waals surface area contributed by atoms with Crippen LogP contribution in [0.2, 0.25) is 0 Å². The second-order valence-electron chi connectivity index (χ2n) is 15.9. The lowest BCUT2D eigenvalue weighted by Gasteiger charge is -2.13. The van der Waals surface area contributed by atoms with Crippen molar-refractivity contribution in [2.24, 2.45) is 0 Å². The minimum atomic E-state index is 1.01. The lowest BCUT2D eigenvalue weighted by atomic mass is 9.92. The second kappa shape index (κ2) is 12.9. The molecule has 10 bridgehead atoms. The molecule has 6 heterocycles. The van der Waals surface area contributed by atoms with Crippen molar-refractivity contribution < 1.29 is 0 Å². The summed E-state index contributed by atoms with van der Waals surface area (Å²) in [5.41, 5.74) is 25.0. The molecule has 5 nitrogen and oxygen atoms in total. The summed E-state index contributed by atoms with van der Waals surface area (Å²) in [7, 11) is 0. The highest BCUT2D eigenvalue weighted by molar-refractivity contribution is 6.01. The highest BCUT2D eigenvalue weighted by Crippen LogP contribution is 2.39. The molecule has 0 aliphatic carbocycles. The van der Waals surface area contributed by atoms with Gasteiger partial charge in [0.25, 0.3) is 0 Å². The maximum Gasteiger partial charge on any atom is 0.123 e. The SMILES string of the molecule is Cc1cc(C)c(-c2c3ccn(c3)c3ccc([nH]3)[c+](-c3c(C)cc(C)cc3C)c3ccc([nH]3)n3ccc(c3)c(-c3c(C)cc(C)cc3C)c3ccc2[nH]3)c(C)c1. The first-order valence-corrected chi connectivity index (χ1v) is 19.2. The standard InChI is InChI=1S/C50H48N5/c1-28-20-31(4)45(32(5)21-28)48-37-16-18-54(26-37)43-14-12-41(52-43)50(47-35(8)24-30(3)25-36(47)9)42-13-15-44(53-42)55-19-17-38(27-55)49(40-11-10-39(48)51-40)46-33(6)22-29(2)23-34(46)7/h10-27,51-53H,1-9H3/q+1. The largest absolute Gasteiger partial charge is 0.354 e. The summed E-state index contributed by atoms with van der Waals surface area (Å²) >= 11 is 0. The monoisotopic (exact) mass is 718 g/mol. The van der Waals surface area contributed by atoms with Crippen LogP contribution >= 0.6 is 0 Å². The Kier molecular flexibility index (Phi) is 8.09. The van der Waals surface area contributed by atoms with E-state index in [-0.39, 0.29) is 0 Å². The van der Waals surface area contributed by atoms with Gasteiger partial charge < -0.3 is 23.8 Å². The van der Waals surface area contributed by atoms with E-state index in [1.165, 1.54) is 77.9 Å². The van der Waals surface area contributed by atoms with E-state index in [0.717, 1.165) is 49.7 Å². The Balaban J connectivity index is 1.49. The number of aromatic amines is 3. The Morgan fingerprint density at radius 3 is 1.18 bits per heavy atom. The summed E-state index contributed by atoms with van der Waals surface area (Å²) in [5, 5.41) is 2.30. The molecule has 0 aliphatic rings. The number of fused-ring (bicyclic) bond motifs is 12. The number of aromatic nitrogens is 5. The van der Waals surface area contributed by atoms with E-state index in [4.69, 9.17) is 0 Å². The zero-order valence-corrected chi connectivity index (χ0v) is 33.3. The smallest absolute Gasteiger partial charge is 0.123 e. The van der Waals surface area contributed by atoms with Crippen LogP contribution in [0, 0.1) is 62.3 Å². The first-order valence-electron chi connectivity index (χ1n) is 19.2. The molecule has 0 unspecified atom stereocenters. The predicted octanol–water partition coefficient (Wildman–Crippen LogP) is 13.4. The number of H-pyrrole nitrogens is 3. The van der Waals surface area contributed by atoms with E-state index in [1.807, 2.05) is 0 Å². The number of rotatable bonds is 3. The molecule has 0 fully saturated rings. The highest BCUT2D eigenvalue weighted by atomic mass is 15.0. The molecule has 3 N–H and O–H groups in total. The Morgan fingerprint density at radius 2 is 0.782 bits per heavy atom. The Bertz CT molecular complexity index is 2890. The van der Waals surface area contributed by atoms with Crippen molar-refractivity contribution in [3.05, 3.63) is 160 Å². The normalized spacial score (nSPS) is 11.7. The number of nitrogens with one attached hydrogen (secondary N) is 3. The fourth-order valence-corrected chi connectivity index (χ4v) is 9.44. The average Bonchev–Trinajstić information content (AvgIpc) is 3.96. The summed E-state index contributed by atoms with van der Waals surface area (Å²) in [6.07, 6.45) is 8.88. The average molecular weight is 719 g/mol. The molecule has 0 spiro atoms. The number of hydrogen-bond donors (Lipinski definition) is 3. The van der Waals surface area contributed by atoms with Gasteiger partial charge in [-0.1, -0.05) is 35.4 Å². The van der Waals surface area contributed by atoms with Crippen molar-refractivity contribution in [3.8, 4) is 33.4 Å². The minimum Gasteiger partial charge on any atom is -0.354 e. The molecular weight excluding hydrogens is 671 g/mol. The Hall–Kier alpha value is -6.33. The molecule has 0 saturated heterocycles. The molecule has 6 aromatic heterocycles. The van der Waals surface area contributed by atoms with Crippen LogP contribution in [-0.2, 0) is 0 Å². The van der Waals surface area contributed by atoms with Crippen LogP contribution in [0.1, 0.15) is 50.1 Å². The number of benzene rings is 3. The quantitative estimate of drug-likeness (QED) is 0.152. The van der Waals surface area contributed by atoms with Crippen molar-refractivity contribution in [2.75, 3.05) is 0 Å². The molecule has 9 aromatic rings. The number of hydrogen-bond acceptors (Lipinski definition) is 0. The molecule has 0 saturated carbocycles. The fraction of sp³-hybridized carbons (Fsp3) is 0.180. The third-order valence-corrected chi connectivity index (χ3v) is 11.4. The molecule has 9 rings (SSSR count). The van der Waals surface area contributed by atoms with Crippen LogP contribution in [0.15, 0.2) is 110 Å². The molecule has 0 radical (unpaired) electrons. The molecule has 5 heteroatoms. The number of nitrogens with zero attached hydrogens (tertiary/aromatic N) is 2. The summed E-state index contributed by atoms with van der Waals surface area (Å²) in [5.74, 6) is 0.